The molecule has 2 N–H and O–H groups in total. The highest BCUT2D eigenvalue weighted by Crippen LogP contribution is 2.44. The highest BCUT2D eigenvalue weighted by Gasteiger charge is 2.29. The molecule has 1 aromatic carbocycles. The topological polar surface area (TPSA) is 52.0 Å². The second-order valence-corrected chi connectivity index (χ2v) is 4.97. The molecule has 1 heterocycles. The molecule has 1 aliphatic rings. The molecule has 0 amide bonds. The predicted molar refractivity (Wildman–Crippen MR) is 67.9 cm³/mol. The summed E-state index contributed by atoms with van der Waals surface area (Å²) in [6.45, 7) is 0. The van der Waals surface area contributed by atoms with E-state index < -0.39 is 0 Å². The van der Waals surface area contributed by atoms with Gasteiger partial charge in [-0.3, -0.25) is 0 Å². The van der Waals surface area contributed by atoms with Gasteiger partial charge in [-0.1, -0.05) is 23.2 Å². The molecular formula is C13H12ClFN2O. The van der Waals surface area contributed by atoms with Crippen LogP contribution in [0.4, 0.5) is 10.2 Å². The Morgan fingerprint density at radius 1 is 1.39 bits per heavy atom. The summed E-state index contributed by atoms with van der Waals surface area (Å²) < 4.78 is 18.4. The number of hydrogen-bond acceptors (Lipinski definition) is 3. The summed E-state index contributed by atoms with van der Waals surface area (Å²) in [6, 6.07) is 4.24. The van der Waals surface area contributed by atoms with E-state index in [4.69, 9.17) is 21.9 Å². The zero-order chi connectivity index (χ0) is 12.7. The summed E-state index contributed by atoms with van der Waals surface area (Å²) in [5.74, 6) is 1.06. The number of benzene rings is 1. The lowest BCUT2D eigenvalue weighted by Gasteiger charge is -2.23. The molecule has 0 aliphatic heterocycles. The summed E-state index contributed by atoms with van der Waals surface area (Å²) in [4.78, 5) is 0. The molecule has 0 unspecified atom stereocenters. The lowest BCUT2D eigenvalue weighted by atomic mass is 9.81. The smallest absolute Gasteiger partial charge is 0.175 e. The standard InChI is InChI=1S/C13H12ClFN2O/c14-10-6-8(15)4-5-9(10)11-12(7-2-1-3-7)18-17-13(11)16/h4-7H,1-3H2,(H2,16,17). The molecule has 1 aromatic heterocycles. The van der Waals surface area contributed by atoms with Crippen molar-refractivity contribution in [1.29, 1.82) is 0 Å². The fraction of sp³-hybridized carbons (Fsp3) is 0.308. The van der Waals surface area contributed by atoms with E-state index in [0.29, 0.717) is 27.9 Å². The van der Waals surface area contributed by atoms with Gasteiger partial charge < -0.3 is 10.3 Å². The maximum absolute atomic E-state index is 13.1. The molecule has 1 fully saturated rings. The van der Waals surface area contributed by atoms with Crippen molar-refractivity contribution >= 4 is 17.4 Å². The lowest BCUT2D eigenvalue weighted by Crippen LogP contribution is -2.09. The van der Waals surface area contributed by atoms with Crippen molar-refractivity contribution in [2.24, 2.45) is 0 Å². The Morgan fingerprint density at radius 2 is 2.17 bits per heavy atom. The Balaban J connectivity index is 2.12. The Kier molecular flexibility index (Phi) is 2.74. The average molecular weight is 267 g/mol. The minimum atomic E-state index is -0.371. The van der Waals surface area contributed by atoms with Crippen molar-refractivity contribution in [2.45, 2.75) is 25.2 Å². The molecule has 0 bridgehead atoms. The second-order valence-electron chi connectivity index (χ2n) is 4.56. The van der Waals surface area contributed by atoms with E-state index in [9.17, 15) is 4.39 Å². The number of halogens is 2. The maximum atomic E-state index is 13.1. The maximum Gasteiger partial charge on any atom is 0.175 e. The molecule has 0 atom stereocenters. The lowest BCUT2D eigenvalue weighted by molar-refractivity contribution is 0.302. The van der Waals surface area contributed by atoms with E-state index in [2.05, 4.69) is 5.16 Å². The van der Waals surface area contributed by atoms with Gasteiger partial charge in [0.05, 0.1) is 10.6 Å². The van der Waals surface area contributed by atoms with Crippen LogP contribution in [0.3, 0.4) is 0 Å². The van der Waals surface area contributed by atoms with Crippen molar-refractivity contribution in [3.63, 3.8) is 0 Å². The van der Waals surface area contributed by atoms with Gasteiger partial charge in [-0.15, -0.1) is 0 Å². The highest BCUT2D eigenvalue weighted by molar-refractivity contribution is 6.33. The van der Waals surface area contributed by atoms with Crippen molar-refractivity contribution < 1.29 is 8.91 Å². The zero-order valence-corrected chi connectivity index (χ0v) is 10.4. The fourth-order valence-corrected chi connectivity index (χ4v) is 2.49. The van der Waals surface area contributed by atoms with Crippen molar-refractivity contribution in [2.75, 3.05) is 5.73 Å². The molecule has 5 heteroatoms. The van der Waals surface area contributed by atoms with Gasteiger partial charge in [-0.05, 0) is 31.0 Å². The van der Waals surface area contributed by atoms with Gasteiger partial charge in [0.25, 0.3) is 0 Å². The molecular weight excluding hydrogens is 255 g/mol. The van der Waals surface area contributed by atoms with E-state index >= 15 is 0 Å². The first kappa shape index (κ1) is 11.5. The van der Waals surface area contributed by atoms with Crippen LogP contribution in [0.15, 0.2) is 22.7 Å². The first-order chi connectivity index (χ1) is 8.66. The van der Waals surface area contributed by atoms with Gasteiger partial charge in [0.2, 0.25) is 0 Å². The van der Waals surface area contributed by atoms with E-state index in [1.54, 1.807) is 6.07 Å². The number of anilines is 1. The molecule has 3 nitrogen and oxygen atoms in total. The van der Waals surface area contributed by atoms with Gasteiger partial charge in [0, 0.05) is 11.5 Å². The number of nitrogens with zero attached hydrogens (tertiary/aromatic N) is 1. The SMILES string of the molecule is Nc1noc(C2CCC2)c1-c1ccc(F)cc1Cl. The van der Waals surface area contributed by atoms with Crippen LogP contribution in [-0.2, 0) is 0 Å². The van der Waals surface area contributed by atoms with E-state index in [1.165, 1.54) is 18.6 Å². The van der Waals surface area contributed by atoms with Gasteiger partial charge in [-0.2, -0.15) is 0 Å². The largest absolute Gasteiger partial charge is 0.380 e. The van der Waals surface area contributed by atoms with Crippen LogP contribution in [0, 0.1) is 5.82 Å². The second kappa shape index (κ2) is 4.28. The third kappa shape index (κ3) is 1.77. The number of nitrogens with two attached hydrogens (primary N) is 1. The van der Waals surface area contributed by atoms with E-state index in [-0.39, 0.29) is 5.82 Å². The first-order valence-electron chi connectivity index (χ1n) is 5.87. The molecule has 2 aromatic rings. The molecule has 0 saturated heterocycles. The minimum Gasteiger partial charge on any atom is -0.380 e. The zero-order valence-electron chi connectivity index (χ0n) is 9.62. The molecule has 18 heavy (non-hydrogen) atoms. The molecule has 0 spiro atoms. The summed E-state index contributed by atoms with van der Waals surface area (Å²) >= 11 is 6.07. The number of nitrogen functional groups attached to an aromatic ring is 1. The van der Waals surface area contributed by atoms with E-state index in [1.807, 2.05) is 0 Å². The fourth-order valence-electron chi connectivity index (χ4n) is 2.23. The van der Waals surface area contributed by atoms with Crippen LogP contribution >= 0.6 is 11.6 Å². The molecule has 1 saturated carbocycles. The van der Waals surface area contributed by atoms with Gasteiger partial charge in [0.15, 0.2) is 5.82 Å². The summed E-state index contributed by atoms with van der Waals surface area (Å²) in [5, 5.41) is 4.13. The van der Waals surface area contributed by atoms with Gasteiger partial charge in [0.1, 0.15) is 11.6 Å². The number of aromatic nitrogens is 1. The third-order valence-electron chi connectivity index (χ3n) is 3.42. The predicted octanol–water partition coefficient (Wildman–Crippen LogP) is 3.98. The summed E-state index contributed by atoms with van der Waals surface area (Å²) in [6.07, 6.45) is 3.32. The monoisotopic (exact) mass is 266 g/mol. The Labute approximate surface area is 109 Å². The highest BCUT2D eigenvalue weighted by atomic mass is 35.5. The minimum absolute atomic E-state index is 0.311. The average Bonchev–Trinajstić information content (AvgIpc) is 2.59. The van der Waals surface area contributed by atoms with Crippen molar-refractivity contribution in [3.8, 4) is 11.1 Å². The number of rotatable bonds is 2. The summed E-state index contributed by atoms with van der Waals surface area (Å²) in [7, 11) is 0. The van der Waals surface area contributed by atoms with E-state index in [0.717, 1.165) is 18.6 Å². The van der Waals surface area contributed by atoms with Crippen LogP contribution in [0.1, 0.15) is 30.9 Å². The van der Waals surface area contributed by atoms with Crippen LogP contribution in [0.25, 0.3) is 11.1 Å². The molecule has 94 valence electrons. The Morgan fingerprint density at radius 3 is 2.78 bits per heavy atom. The van der Waals surface area contributed by atoms with Crippen molar-refractivity contribution in [1.82, 2.24) is 5.16 Å². The Bertz CT molecular complexity index is 593. The third-order valence-corrected chi connectivity index (χ3v) is 3.73. The molecule has 3 rings (SSSR count). The van der Waals surface area contributed by atoms with Crippen LogP contribution in [0.5, 0.6) is 0 Å². The Hall–Kier alpha value is -1.55. The van der Waals surface area contributed by atoms with Gasteiger partial charge in [-0.25, -0.2) is 4.39 Å². The molecule has 0 radical (unpaired) electrons. The van der Waals surface area contributed by atoms with Crippen LogP contribution in [0.2, 0.25) is 5.02 Å². The van der Waals surface area contributed by atoms with Crippen LogP contribution in [-0.4, -0.2) is 5.16 Å². The summed E-state index contributed by atoms with van der Waals surface area (Å²) in [5.41, 5.74) is 7.23. The van der Waals surface area contributed by atoms with Crippen LogP contribution < -0.4 is 5.73 Å². The quantitative estimate of drug-likeness (QED) is 0.894. The first-order valence-corrected chi connectivity index (χ1v) is 6.25. The van der Waals surface area contributed by atoms with Gasteiger partial charge >= 0.3 is 0 Å². The van der Waals surface area contributed by atoms with Crippen molar-refractivity contribution in [3.05, 3.63) is 34.8 Å². The number of hydrogen-bond donors (Lipinski definition) is 1. The molecule has 1 aliphatic carbocycles. The normalized spacial score (nSPS) is 15.7.